The predicted octanol–water partition coefficient (Wildman–Crippen LogP) is 6.22. The van der Waals surface area contributed by atoms with Gasteiger partial charge in [0.15, 0.2) is 0 Å². The van der Waals surface area contributed by atoms with Crippen LogP contribution in [-0.4, -0.2) is 33.3 Å². The average Bonchev–Trinajstić information content (AvgIpc) is 3.52. The Bertz CT molecular complexity index is 1390. The number of methoxy groups -OCH3 is 1. The van der Waals surface area contributed by atoms with Gasteiger partial charge in [-0.3, -0.25) is 9.59 Å². The molecule has 0 unspecified atom stereocenters. The number of nitrogens with one attached hydrogen (secondary N) is 2. The van der Waals surface area contributed by atoms with E-state index in [1.165, 1.54) is 0 Å². The van der Waals surface area contributed by atoms with E-state index in [0.717, 1.165) is 70.7 Å². The van der Waals surface area contributed by atoms with Gasteiger partial charge in [0, 0.05) is 36.5 Å². The first kappa shape index (κ1) is 27.2. The number of ether oxygens (including phenoxy) is 1. The fourth-order valence-corrected chi connectivity index (χ4v) is 4.96. The Labute approximate surface area is 224 Å². The van der Waals surface area contributed by atoms with Gasteiger partial charge in [-0.25, -0.2) is 4.98 Å². The molecule has 0 aliphatic carbocycles. The summed E-state index contributed by atoms with van der Waals surface area (Å²) in [5.74, 6) is 1.77. The number of fused-ring (bicyclic) bond motifs is 1. The maximum atomic E-state index is 13.4. The van der Waals surface area contributed by atoms with Gasteiger partial charge in [0.05, 0.1) is 31.5 Å². The Kier molecular flexibility index (Phi) is 9.00. The van der Waals surface area contributed by atoms with Gasteiger partial charge in [0.25, 0.3) is 0 Å². The Morgan fingerprint density at radius 1 is 1.11 bits per heavy atom. The molecule has 4 aromatic rings. The SMILES string of the molecule is CCC(=O)CCCCC[C@H](NC(=O)Cc1c(C)n(C)c2ccc(OC)cc12)c1ncc(-c2ccccc2)[nH]1. The van der Waals surface area contributed by atoms with Crippen LogP contribution in [0.3, 0.4) is 0 Å². The number of aryl methyl sites for hydroxylation is 1. The lowest BCUT2D eigenvalue weighted by Gasteiger charge is -2.17. The molecule has 4 rings (SSSR count). The molecule has 0 aliphatic heterocycles. The minimum Gasteiger partial charge on any atom is -0.497 e. The highest BCUT2D eigenvalue weighted by Gasteiger charge is 2.21. The van der Waals surface area contributed by atoms with Crippen LogP contribution in [-0.2, 0) is 23.1 Å². The third-order valence-corrected chi connectivity index (χ3v) is 7.36. The molecule has 2 aromatic heterocycles. The summed E-state index contributed by atoms with van der Waals surface area (Å²) in [4.78, 5) is 33.1. The van der Waals surface area contributed by atoms with Gasteiger partial charge < -0.3 is 19.6 Å². The summed E-state index contributed by atoms with van der Waals surface area (Å²) in [7, 11) is 3.67. The zero-order valence-corrected chi connectivity index (χ0v) is 22.8. The first-order chi connectivity index (χ1) is 18.4. The van der Waals surface area contributed by atoms with E-state index in [-0.39, 0.29) is 18.4 Å². The number of carbonyl (C=O) groups is 2. The van der Waals surface area contributed by atoms with E-state index < -0.39 is 0 Å². The number of rotatable bonds is 13. The Morgan fingerprint density at radius 2 is 1.89 bits per heavy atom. The van der Waals surface area contributed by atoms with Crippen molar-refractivity contribution in [1.29, 1.82) is 0 Å². The van der Waals surface area contributed by atoms with Gasteiger partial charge in [0.2, 0.25) is 5.91 Å². The summed E-state index contributed by atoms with van der Waals surface area (Å²) in [6.07, 6.45) is 6.76. The molecule has 0 bridgehead atoms. The van der Waals surface area contributed by atoms with Crippen molar-refractivity contribution in [2.24, 2.45) is 7.05 Å². The Morgan fingerprint density at radius 3 is 2.63 bits per heavy atom. The lowest BCUT2D eigenvalue weighted by atomic mass is 10.0. The van der Waals surface area contributed by atoms with Crippen molar-refractivity contribution in [2.75, 3.05) is 7.11 Å². The zero-order chi connectivity index (χ0) is 27.1. The molecule has 1 atom stereocenters. The molecule has 2 heterocycles. The number of imidazole rings is 1. The molecule has 0 radical (unpaired) electrons. The monoisotopic (exact) mass is 514 g/mol. The molecule has 0 saturated heterocycles. The van der Waals surface area contributed by atoms with E-state index in [9.17, 15) is 9.59 Å². The van der Waals surface area contributed by atoms with Crippen LogP contribution in [0.2, 0.25) is 0 Å². The van der Waals surface area contributed by atoms with Gasteiger partial charge >= 0.3 is 0 Å². The predicted molar refractivity (Wildman–Crippen MR) is 151 cm³/mol. The van der Waals surface area contributed by atoms with Crippen LogP contribution in [0, 0.1) is 6.92 Å². The summed E-state index contributed by atoms with van der Waals surface area (Å²) in [6, 6.07) is 15.8. The first-order valence-electron chi connectivity index (χ1n) is 13.4. The number of H-pyrrole nitrogens is 1. The van der Waals surface area contributed by atoms with E-state index >= 15 is 0 Å². The van der Waals surface area contributed by atoms with Gasteiger partial charge in [-0.15, -0.1) is 0 Å². The number of carbonyl (C=O) groups excluding carboxylic acids is 2. The minimum atomic E-state index is -0.244. The smallest absolute Gasteiger partial charge is 0.225 e. The second-order valence-electron chi connectivity index (χ2n) is 9.84. The topological polar surface area (TPSA) is 89.0 Å². The van der Waals surface area contributed by atoms with Crippen molar-refractivity contribution in [3.63, 3.8) is 0 Å². The lowest BCUT2D eigenvalue weighted by molar-refractivity contribution is -0.121. The third kappa shape index (κ3) is 6.33. The highest BCUT2D eigenvalue weighted by molar-refractivity contribution is 5.91. The van der Waals surface area contributed by atoms with E-state index in [2.05, 4.69) is 19.9 Å². The Hall–Kier alpha value is -3.87. The first-order valence-corrected chi connectivity index (χ1v) is 13.4. The normalized spacial score (nSPS) is 12.0. The van der Waals surface area contributed by atoms with E-state index in [1.54, 1.807) is 7.11 Å². The van der Waals surface area contributed by atoms with Gasteiger partial charge in [0.1, 0.15) is 17.4 Å². The number of ketones is 1. The van der Waals surface area contributed by atoms with Crippen LogP contribution < -0.4 is 10.1 Å². The number of aromatic nitrogens is 3. The van der Waals surface area contributed by atoms with Gasteiger partial charge in [-0.05, 0) is 49.1 Å². The largest absolute Gasteiger partial charge is 0.497 e. The van der Waals surface area contributed by atoms with Crippen LogP contribution in [0.25, 0.3) is 22.2 Å². The van der Waals surface area contributed by atoms with Crippen molar-refractivity contribution in [2.45, 2.75) is 64.8 Å². The number of Topliss-reactive ketones (excluding diaryl/α,β-unsaturated/α-hetero) is 1. The summed E-state index contributed by atoms with van der Waals surface area (Å²) in [5, 5.41) is 4.28. The maximum Gasteiger partial charge on any atom is 0.225 e. The van der Waals surface area contributed by atoms with Crippen LogP contribution in [0.5, 0.6) is 5.75 Å². The molecule has 1 amide bonds. The van der Waals surface area contributed by atoms with Crippen molar-refractivity contribution >= 4 is 22.6 Å². The molecular formula is C31H38N4O3. The van der Waals surface area contributed by atoms with Crippen LogP contribution >= 0.6 is 0 Å². The van der Waals surface area contributed by atoms with E-state index in [4.69, 9.17) is 4.74 Å². The van der Waals surface area contributed by atoms with Gasteiger partial charge in [-0.2, -0.15) is 0 Å². The Balaban J connectivity index is 1.51. The van der Waals surface area contributed by atoms with Crippen LogP contribution in [0.1, 0.15) is 68.6 Å². The van der Waals surface area contributed by atoms with E-state index in [0.29, 0.717) is 18.6 Å². The summed E-state index contributed by atoms with van der Waals surface area (Å²) in [5.41, 5.74) is 5.10. The summed E-state index contributed by atoms with van der Waals surface area (Å²) >= 11 is 0. The number of hydrogen-bond acceptors (Lipinski definition) is 4. The molecule has 38 heavy (non-hydrogen) atoms. The van der Waals surface area contributed by atoms with Crippen molar-refractivity contribution in [1.82, 2.24) is 19.9 Å². The molecule has 0 aliphatic rings. The fourth-order valence-electron chi connectivity index (χ4n) is 4.96. The quantitative estimate of drug-likeness (QED) is 0.207. The molecule has 0 spiro atoms. The van der Waals surface area contributed by atoms with E-state index in [1.807, 2.05) is 75.6 Å². The van der Waals surface area contributed by atoms with Crippen molar-refractivity contribution in [3.8, 4) is 17.0 Å². The number of aromatic amines is 1. The lowest BCUT2D eigenvalue weighted by Crippen LogP contribution is -2.30. The average molecular weight is 515 g/mol. The second kappa shape index (κ2) is 12.6. The highest BCUT2D eigenvalue weighted by atomic mass is 16.5. The number of unbranched alkanes of at least 4 members (excludes halogenated alkanes) is 2. The zero-order valence-electron chi connectivity index (χ0n) is 22.8. The standard InChI is InChI=1S/C31H38N4O3/c1-5-23(36)14-10-7-11-15-27(31-32-20-28(34-31)22-12-8-6-9-13-22)33-30(37)19-25-21(2)35(3)29-17-16-24(38-4)18-26(25)29/h6,8-9,12-13,16-18,20,27H,5,7,10-11,14-15,19H2,1-4H3,(H,32,34)(H,33,37)/t27-/m0/s1. The minimum absolute atomic E-state index is 0.0489. The fraction of sp³-hybridized carbons (Fsp3) is 0.387. The third-order valence-electron chi connectivity index (χ3n) is 7.36. The summed E-state index contributed by atoms with van der Waals surface area (Å²) < 4.78 is 7.55. The number of benzene rings is 2. The van der Waals surface area contributed by atoms with Crippen molar-refractivity contribution < 1.29 is 14.3 Å². The number of amides is 1. The maximum absolute atomic E-state index is 13.4. The number of nitrogens with zero attached hydrogens (tertiary/aromatic N) is 2. The highest BCUT2D eigenvalue weighted by Crippen LogP contribution is 2.29. The molecule has 200 valence electrons. The number of hydrogen-bond donors (Lipinski definition) is 2. The molecular weight excluding hydrogens is 476 g/mol. The second-order valence-corrected chi connectivity index (χ2v) is 9.84. The van der Waals surface area contributed by atoms with Gasteiger partial charge in [-0.1, -0.05) is 50.1 Å². The molecule has 0 fully saturated rings. The molecule has 7 nitrogen and oxygen atoms in total. The molecule has 2 aromatic carbocycles. The van der Waals surface area contributed by atoms with Crippen LogP contribution in [0.4, 0.5) is 0 Å². The molecule has 0 saturated carbocycles. The molecule has 2 N–H and O–H groups in total. The molecule has 7 heteroatoms. The summed E-state index contributed by atoms with van der Waals surface area (Å²) in [6.45, 7) is 3.95. The van der Waals surface area contributed by atoms with Crippen LogP contribution in [0.15, 0.2) is 54.7 Å². The van der Waals surface area contributed by atoms with Crippen molar-refractivity contribution in [3.05, 3.63) is 71.8 Å².